The van der Waals surface area contributed by atoms with Gasteiger partial charge in [-0.05, 0) is 62.2 Å². The van der Waals surface area contributed by atoms with Crippen LogP contribution in [0.5, 0.6) is 0 Å². The highest BCUT2D eigenvalue weighted by Crippen LogP contribution is 2.57. The van der Waals surface area contributed by atoms with Gasteiger partial charge in [-0.3, -0.25) is 14.9 Å². The first-order chi connectivity index (χ1) is 15.2. The van der Waals surface area contributed by atoms with E-state index in [1.807, 2.05) is 6.07 Å². The van der Waals surface area contributed by atoms with Crippen molar-refractivity contribution in [1.29, 1.82) is 5.26 Å². The Hall–Kier alpha value is -2.27. The Morgan fingerprint density at radius 1 is 1.10 bits per heavy atom. The number of benzene rings is 1. The zero-order chi connectivity index (χ0) is 20.9. The number of fused-ring (bicyclic) bond motifs is 1. The highest BCUT2D eigenvalue weighted by Gasteiger charge is 2.55. The van der Waals surface area contributed by atoms with E-state index in [9.17, 15) is 5.26 Å². The fourth-order valence-electron chi connectivity index (χ4n) is 6.16. The number of rotatable bonds is 3. The van der Waals surface area contributed by atoms with Gasteiger partial charge in [-0.2, -0.15) is 5.26 Å². The average Bonchev–Trinajstić information content (AvgIpc) is 3.50. The second-order valence-corrected chi connectivity index (χ2v) is 9.95. The molecule has 2 spiro atoms. The van der Waals surface area contributed by atoms with E-state index in [-0.39, 0.29) is 5.60 Å². The summed E-state index contributed by atoms with van der Waals surface area (Å²) in [6.45, 7) is 8.44. The molecule has 7 heteroatoms. The summed E-state index contributed by atoms with van der Waals surface area (Å²) in [5.41, 5.74) is 3.83. The smallest absolute Gasteiger partial charge is 0.113 e. The van der Waals surface area contributed by atoms with Crippen LogP contribution in [0.3, 0.4) is 0 Å². The summed E-state index contributed by atoms with van der Waals surface area (Å²) in [5.74, 6) is 0.673. The molecular formula is C24H30N6O. The second-order valence-electron chi connectivity index (χ2n) is 9.95. The van der Waals surface area contributed by atoms with Crippen LogP contribution in [-0.2, 0) is 4.74 Å². The number of morpholine rings is 1. The van der Waals surface area contributed by atoms with Crippen molar-refractivity contribution in [2.45, 2.75) is 31.3 Å². The predicted octanol–water partition coefficient (Wildman–Crippen LogP) is 2.17. The van der Waals surface area contributed by atoms with Crippen molar-refractivity contribution in [2.24, 2.45) is 11.3 Å². The van der Waals surface area contributed by atoms with E-state index in [1.54, 1.807) is 12.4 Å². The lowest BCUT2D eigenvalue weighted by atomic mass is 9.88. The van der Waals surface area contributed by atoms with Gasteiger partial charge in [0.1, 0.15) is 17.1 Å². The van der Waals surface area contributed by atoms with Gasteiger partial charge >= 0.3 is 0 Å². The standard InChI is InChI=1S/C24H30N6O/c25-13-18-1-2-20(22-21(18)27-9-10-28-22)30-15-19(23(16-30)3-4-23)14-29-11-12-31-24(17-29)5-7-26-8-6-24/h1-2,9-10,19,26H,3-8,11-12,14-17H2. The fourth-order valence-corrected chi connectivity index (χ4v) is 6.16. The van der Waals surface area contributed by atoms with Crippen molar-refractivity contribution >= 4 is 16.7 Å². The highest BCUT2D eigenvalue weighted by atomic mass is 16.5. The Kier molecular flexibility index (Phi) is 4.64. The number of aromatic nitrogens is 2. The Morgan fingerprint density at radius 2 is 1.90 bits per heavy atom. The maximum absolute atomic E-state index is 9.46. The Morgan fingerprint density at radius 3 is 2.68 bits per heavy atom. The van der Waals surface area contributed by atoms with Crippen molar-refractivity contribution in [1.82, 2.24) is 20.2 Å². The van der Waals surface area contributed by atoms with Gasteiger partial charge in [0.15, 0.2) is 0 Å². The molecule has 3 saturated heterocycles. The minimum Gasteiger partial charge on any atom is -0.372 e. The Labute approximate surface area is 183 Å². The summed E-state index contributed by atoms with van der Waals surface area (Å²) in [4.78, 5) is 14.3. The molecule has 0 radical (unpaired) electrons. The fraction of sp³-hybridized carbons (Fsp3) is 0.625. The van der Waals surface area contributed by atoms with Gasteiger partial charge in [-0.15, -0.1) is 0 Å². The molecule has 0 bridgehead atoms. The Bertz CT molecular complexity index is 1020. The number of nitrogens with one attached hydrogen (secondary N) is 1. The molecule has 1 unspecified atom stereocenters. The van der Waals surface area contributed by atoms with Crippen molar-refractivity contribution < 1.29 is 4.74 Å². The largest absolute Gasteiger partial charge is 0.372 e. The first-order valence-corrected chi connectivity index (χ1v) is 11.7. The molecule has 3 aliphatic heterocycles. The van der Waals surface area contributed by atoms with Crippen LogP contribution in [-0.4, -0.2) is 72.9 Å². The predicted molar refractivity (Wildman–Crippen MR) is 119 cm³/mol. The van der Waals surface area contributed by atoms with Gasteiger partial charge in [0.05, 0.1) is 23.5 Å². The average molecular weight is 419 g/mol. The van der Waals surface area contributed by atoms with Crippen LogP contribution in [0.25, 0.3) is 11.0 Å². The summed E-state index contributed by atoms with van der Waals surface area (Å²) >= 11 is 0. The van der Waals surface area contributed by atoms with E-state index < -0.39 is 0 Å². The monoisotopic (exact) mass is 418 g/mol. The van der Waals surface area contributed by atoms with Gasteiger partial charge in [-0.1, -0.05) is 0 Å². The number of piperidine rings is 1. The summed E-state index contributed by atoms with van der Waals surface area (Å²) in [5, 5.41) is 12.9. The molecular weight excluding hydrogens is 388 g/mol. The molecule has 162 valence electrons. The lowest BCUT2D eigenvalue weighted by Gasteiger charge is -2.46. The molecule has 0 amide bonds. The van der Waals surface area contributed by atoms with E-state index >= 15 is 0 Å². The molecule has 4 heterocycles. The molecule has 7 nitrogen and oxygen atoms in total. The molecule has 1 aliphatic carbocycles. The van der Waals surface area contributed by atoms with Crippen LogP contribution in [0.1, 0.15) is 31.2 Å². The molecule has 1 N–H and O–H groups in total. The second kappa shape index (κ2) is 7.40. The van der Waals surface area contributed by atoms with Crippen molar-refractivity contribution in [3.05, 3.63) is 30.1 Å². The third kappa shape index (κ3) is 3.38. The van der Waals surface area contributed by atoms with Crippen molar-refractivity contribution in [3.8, 4) is 6.07 Å². The quantitative estimate of drug-likeness (QED) is 0.819. The van der Waals surface area contributed by atoms with Crippen LogP contribution >= 0.6 is 0 Å². The minimum atomic E-state index is 0.0669. The van der Waals surface area contributed by atoms with Crippen LogP contribution < -0.4 is 10.2 Å². The summed E-state index contributed by atoms with van der Waals surface area (Å²) in [6, 6.07) is 6.24. The van der Waals surface area contributed by atoms with E-state index in [2.05, 4.69) is 37.2 Å². The molecule has 1 aromatic carbocycles. The molecule has 1 saturated carbocycles. The highest BCUT2D eigenvalue weighted by molar-refractivity contribution is 5.92. The summed E-state index contributed by atoms with van der Waals surface area (Å²) < 4.78 is 6.30. The lowest BCUT2D eigenvalue weighted by molar-refractivity contribution is -0.126. The van der Waals surface area contributed by atoms with Gasteiger partial charge in [-0.25, -0.2) is 0 Å². The SMILES string of the molecule is N#Cc1ccc(N2CC(CN3CCOC4(CCNCC4)C3)C3(CC3)C2)c2nccnc12. The zero-order valence-electron chi connectivity index (χ0n) is 18.0. The maximum atomic E-state index is 9.46. The van der Waals surface area contributed by atoms with Crippen LogP contribution in [0.4, 0.5) is 5.69 Å². The molecule has 31 heavy (non-hydrogen) atoms. The maximum Gasteiger partial charge on any atom is 0.113 e. The molecule has 4 fully saturated rings. The normalized spacial score (nSPS) is 27.1. The van der Waals surface area contributed by atoms with Gasteiger partial charge in [0, 0.05) is 45.1 Å². The first-order valence-electron chi connectivity index (χ1n) is 11.7. The lowest BCUT2D eigenvalue weighted by Crippen LogP contribution is -2.57. The molecule has 6 rings (SSSR count). The first kappa shape index (κ1) is 19.4. The zero-order valence-corrected chi connectivity index (χ0v) is 18.0. The number of nitriles is 1. The third-order valence-corrected chi connectivity index (χ3v) is 8.09. The van der Waals surface area contributed by atoms with Crippen LogP contribution in [0.15, 0.2) is 24.5 Å². The van der Waals surface area contributed by atoms with E-state index in [0.717, 1.165) is 82.0 Å². The van der Waals surface area contributed by atoms with Crippen LogP contribution in [0.2, 0.25) is 0 Å². The van der Waals surface area contributed by atoms with E-state index in [4.69, 9.17) is 4.74 Å². The molecule has 2 aromatic rings. The number of ether oxygens (including phenoxy) is 1. The van der Waals surface area contributed by atoms with Gasteiger partial charge in [0.2, 0.25) is 0 Å². The van der Waals surface area contributed by atoms with Gasteiger partial charge < -0.3 is 15.0 Å². The Balaban J connectivity index is 1.22. The van der Waals surface area contributed by atoms with Crippen molar-refractivity contribution in [3.63, 3.8) is 0 Å². The number of hydrogen-bond acceptors (Lipinski definition) is 7. The third-order valence-electron chi connectivity index (χ3n) is 8.09. The van der Waals surface area contributed by atoms with E-state index in [0.29, 0.717) is 16.9 Å². The van der Waals surface area contributed by atoms with Crippen molar-refractivity contribution in [2.75, 3.05) is 57.3 Å². The van der Waals surface area contributed by atoms with E-state index in [1.165, 1.54) is 12.8 Å². The summed E-state index contributed by atoms with van der Waals surface area (Å²) in [7, 11) is 0. The summed E-state index contributed by atoms with van der Waals surface area (Å²) in [6.07, 6.45) is 8.32. The van der Waals surface area contributed by atoms with Gasteiger partial charge in [0.25, 0.3) is 0 Å². The number of nitrogens with zero attached hydrogens (tertiary/aromatic N) is 5. The topological polar surface area (TPSA) is 77.3 Å². The number of hydrogen-bond donors (Lipinski definition) is 1. The molecule has 1 atom stereocenters. The molecule has 4 aliphatic rings. The van der Waals surface area contributed by atoms with Crippen LogP contribution in [0, 0.1) is 22.7 Å². The minimum absolute atomic E-state index is 0.0669. The molecule has 1 aromatic heterocycles. The number of anilines is 1.